The quantitative estimate of drug-likeness (QED) is 0.569. The maximum absolute atomic E-state index is 12.7. The van der Waals surface area contributed by atoms with Gasteiger partial charge in [0.1, 0.15) is 17.9 Å². The minimum absolute atomic E-state index is 0.213. The highest BCUT2D eigenvalue weighted by molar-refractivity contribution is 5.87. The number of hydrogen-bond donors (Lipinski definition) is 0. The van der Waals surface area contributed by atoms with Crippen LogP contribution in [0.3, 0.4) is 0 Å². The number of ether oxygens (including phenoxy) is 1. The molecule has 6 heteroatoms. The van der Waals surface area contributed by atoms with Crippen molar-refractivity contribution in [1.82, 2.24) is 9.55 Å². The van der Waals surface area contributed by atoms with Gasteiger partial charge in [-0.2, -0.15) is 13.2 Å². The summed E-state index contributed by atoms with van der Waals surface area (Å²) in [5.41, 5.74) is 5.20. The van der Waals surface area contributed by atoms with E-state index in [4.69, 9.17) is 9.72 Å². The Hall–Kier alpha value is -2.50. The van der Waals surface area contributed by atoms with Crippen LogP contribution in [0.15, 0.2) is 30.3 Å². The fourth-order valence-electron chi connectivity index (χ4n) is 3.50. The van der Waals surface area contributed by atoms with E-state index in [1.807, 2.05) is 13.0 Å². The highest BCUT2D eigenvalue weighted by Gasteiger charge is 2.31. The maximum Gasteiger partial charge on any atom is 0.416 e. The molecule has 4 rings (SSSR count). The topological polar surface area (TPSA) is 27.1 Å². The van der Waals surface area contributed by atoms with Crippen LogP contribution in [-0.2, 0) is 12.8 Å². The first-order valence-electron chi connectivity index (χ1n) is 9.03. The minimum Gasteiger partial charge on any atom is -0.487 e. The average Bonchev–Trinajstić information content (AvgIpc) is 3.41. The van der Waals surface area contributed by atoms with Crippen LogP contribution < -0.4 is 4.74 Å². The molecule has 0 aliphatic heterocycles. The van der Waals surface area contributed by atoms with E-state index in [0.29, 0.717) is 11.6 Å². The smallest absolute Gasteiger partial charge is 0.416 e. The van der Waals surface area contributed by atoms with Gasteiger partial charge in [0.05, 0.1) is 11.1 Å². The molecule has 1 aromatic carbocycles. The zero-order chi connectivity index (χ0) is 19.3. The summed E-state index contributed by atoms with van der Waals surface area (Å²) in [5, 5.41) is 0. The van der Waals surface area contributed by atoms with Crippen LogP contribution in [0, 0.1) is 20.8 Å². The van der Waals surface area contributed by atoms with E-state index in [2.05, 4.69) is 18.4 Å². The second kappa shape index (κ2) is 6.29. The molecule has 1 fully saturated rings. The summed E-state index contributed by atoms with van der Waals surface area (Å²) in [5.74, 6) is 0.737. The van der Waals surface area contributed by atoms with Crippen molar-refractivity contribution in [2.45, 2.75) is 52.4 Å². The van der Waals surface area contributed by atoms with Gasteiger partial charge < -0.3 is 9.30 Å². The molecule has 0 saturated heterocycles. The van der Waals surface area contributed by atoms with Crippen LogP contribution in [-0.4, -0.2) is 9.55 Å². The van der Waals surface area contributed by atoms with Crippen molar-refractivity contribution in [3.05, 3.63) is 58.4 Å². The Morgan fingerprint density at radius 3 is 2.37 bits per heavy atom. The lowest BCUT2D eigenvalue weighted by Gasteiger charge is -2.13. The number of alkyl halides is 3. The Labute approximate surface area is 155 Å². The molecule has 3 nitrogen and oxygen atoms in total. The molecule has 0 spiro atoms. The SMILES string of the molecule is Cc1cc(OCc2ccc(C(F)(F)F)cc2)c2c(n1)c(C)c(C)n2C1CC1. The van der Waals surface area contributed by atoms with Gasteiger partial charge in [-0.05, 0) is 56.9 Å². The normalized spacial score (nSPS) is 14.7. The number of nitrogens with zero attached hydrogens (tertiary/aromatic N) is 2. The van der Waals surface area contributed by atoms with Crippen molar-refractivity contribution in [3.8, 4) is 5.75 Å². The number of pyridine rings is 1. The van der Waals surface area contributed by atoms with Gasteiger partial charge in [0.15, 0.2) is 0 Å². The molecule has 3 aromatic rings. The number of aryl methyl sites for hydroxylation is 2. The third-order valence-electron chi connectivity index (χ3n) is 5.17. The first kappa shape index (κ1) is 17.9. The summed E-state index contributed by atoms with van der Waals surface area (Å²) in [4.78, 5) is 4.70. The average molecular weight is 374 g/mol. The molecule has 0 amide bonds. The summed E-state index contributed by atoms with van der Waals surface area (Å²) < 4.78 is 46.5. The molecule has 1 aliphatic carbocycles. The van der Waals surface area contributed by atoms with Gasteiger partial charge in [-0.25, -0.2) is 0 Å². The Morgan fingerprint density at radius 2 is 1.78 bits per heavy atom. The van der Waals surface area contributed by atoms with Gasteiger partial charge in [0.2, 0.25) is 0 Å². The molecule has 0 atom stereocenters. The lowest BCUT2D eigenvalue weighted by Crippen LogP contribution is -2.05. The second-order valence-corrected chi connectivity index (χ2v) is 7.25. The molecule has 142 valence electrons. The summed E-state index contributed by atoms with van der Waals surface area (Å²) in [6.07, 6.45) is -2.03. The number of rotatable bonds is 4. The number of fused-ring (bicyclic) bond motifs is 1. The van der Waals surface area contributed by atoms with Crippen molar-refractivity contribution < 1.29 is 17.9 Å². The van der Waals surface area contributed by atoms with E-state index in [0.717, 1.165) is 53.0 Å². The molecular formula is C21H21F3N2O. The van der Waals surface area contributed by atoms with E-state index in [1.54, 1.807) is 0 Å². The summed E-state index contributed by atoms with van der Waals surface area (Å²) in [6.45, 7) is 6.31. The van der Waals surface area contributed by atoms with Crippen LogP contribution in [0.25, 0.3) is 11.0 Å². The fourth-order valence-corrected chi connectivity index (χ4v) is 3.50. The van der Waals surface area contributed by atoms with E-state index in [9.17, 15) is 13.2 Å². The van der Waals surface area contributed by atoms with Crippen LogP contribution in [0.2, 0.25) is 0 Å². The molecule has 27 heavy (non-hydrogen) atoms. The molecule has 0 unspecified atom stereocenters. The third-order valence-corrected chi connectivity index (χ3v) is 5.17. The Morgan fingerprint density at radius 1 is 1.11 bits per heavy atom. The van der Waals surface area contributed by atoms with Gasteiger partial charge in [-0.3, -0.25) is 4.98 Å². The summed E-state index contributed by atoms with van der Waals surface area (Å²) in [7, 11) is 0. The molecule has 1 saturated carbocycles. The zero-order valence-electron chi connectivity index (χ0n) is 15.5. The highest BCUT2D eigenvalue weighted by atomic mass is 19.4. The number of halogens is 3. The van der Waals surface area contributed by atoms with Crippen molar-refractivity contribution >= 4 is 11.0 Å². The highest BCUT2D eigenvalue weighted by Crippen LogP contribution is 2.43. The molecule has 2 heterocycles. The predicted octanol–water partition coefficient (Wildman–Crippen LogP) is 5.89. The van der Waals surface area contributed by atoms with Gasteiger partial charge in [-0.15, -0.1) is 0 Å². The Balaban J connectivity index is 1.67. The van der Waals surface area contributed by atoms with E-state index in [-0.39, 0.29) is 6.61 Å². The lowest BCUT2D eigenvalue weighted by molar-refractivity contribution is -0.137. The largest absolute Gasteiger partial charge is 0.487 e. The maximum atomic E-state index is 12.7. The van der Waals surface area contributed by atoms with Crippen molar-refractivity contribution in [2.75, 3.05) is 0 Å². The van der Waals surface area contributed by atoms with Crippen LogP contribution in [0.4, 0.5) is 13.2 Å². The molecular weight excluding hydrogens is 353 g/mol. The van der Waals surface area contributed by atoms with Crippen LogP contribution in [0.5, 0.6) is 5.75 Å². The molecule has 1 aliphatic rings. The van der Waals surface area contributed by atoms with Crippen LogP contribution in [0.1, 0.15) is 47.0 Å². The molecule has 0 radical (unpaired) electrons. The fraction of sp³-hybridized carbons (Fsp3) is 0.381. The Kier molecular flexibility index (Phi) is 4.17. The van der Waals surface area contributed by atoms with E-state index < -0.39 is 11.7 Å². The molecule has 0 N–H and O–H groups in total. The summed E-state index contributed by atoms with van der Waals surface area (Å²) in [6, 6.07) is 7.50. The number of aromatic nitrogens is 2. The van der Waals surface area contributed by atoms with Crippen molar-refractivity contribution in [3.63, 3.8) is 0 Å². The van der Waals surface area contributed by atoms with E-state index >= 15 is 0 Å². The van der Waals surface area contributed by atoms with Crippen LogP contribution >= 0.6 is 0 Å². The predicted molar refractivity (Wildman–Crippen MR) is 98.0 cm³/mol. The van der Waals surface area contributed by atoms with Crippen molar-refractivity contribution in [2.24, 2.45) is 0 Å². The zero-order valence-corrected chi connectivity index (χ0v) is 15.5. The monoisotopic (exact) mass is 374 g/mol. The van der Waals surface area contributed by atoms with E-state index in [1.165, 1.54) is 17.8 Å². The Bertz CT molecular complexity index is 999. The van der Waals surface area contributed by atoms with Gasteiger partial charge in [0.25, 0.3) is 0 Å². The lowest BCUT2D eigenvalue weighted by atomic mass is 10.1. The summed E-state index contributed by atoms with van der Waals surface area (Å²) >= 11 is 0. The number of hydrogen-bond acceptors (Lipinski definition) is 2. The van der Waals surface area contributed by atoms with Gasteiger partial charge >= 0.3 is 6.18 Å². The first-order valence-corrected chi connectivity index (χ1v) is 9.03. The van der Waals surface area contributed by atoms with Gasteiger partial charge in [-0.1, -0.05) is 12.1 Å². The second-order valence-electron chi connectivity index (χ2n) is 7.25. The van der Waals surface area contributed by atoms with Crippen molar-refractivity contribution in [1.29, 1.82) is 0 Å². The molecule has 0 bridgehead atoms. The third kappa shape index (κ3) is 3.29. The molecule has 2 aromatic heterocycles. The number of benzene rings is 1. The standard InChI is InChI=1S/C21H21F3N2O/c1-12-10-18(27-11-15-4-6-16(7-5-15)21(22,23)24)20-19(25-12)13(2)14(3)26(20)17-8-9-17/h4-7,10,17H,8-9,11H2,1-3H3. The first-order chi connectivity index (χ1) is 12.8. The minimum atomic E-state index is -4.33. The van der Waals surface area contributed by atoms with Gasteiger partial charge in [0, 0.05) is 23.5 Å².